The number of benzene rings is 1. The van der Waals surface area contributed by atoms with Crippen LogP contribution in [0.15, 0.2) is 24.3 Å². The van der Waals surface area contributed by atoms with E-state index in [9.17, 15) is 4.79 Å². The molecule has 0 unspecified atom stereocenters. The lowest BCUT2D eigenvalue weighted by atomic mass is 10.2. The average Bonchev–Trinajstić information content (AvgIpc) is 2.51. The molecule has 1 aromatic rings. The molecule has 5 heteroatoms. The fourth-order valence-electron chi connectivity index (χ4n) is 2.16. The quantitative estimate of drug-likeness (QED) is 0.387. The molecule has 1 aromatic carbocycles. The summed E-state index contributed by atoms with van der Waals surface area (Å²) in [7, 11) is 0. The summed E-state index contributed by atoms with van der Waals surface area (Å²) in [5.41, 5.74) is 6.71. The highest BCUT2D eigenvalue weighted by Crippen LogP contribution is 2.06. The SMILES string of the molecule is CCCN(CCC)CCOCCOC(=O)c1ccc(N)cc1. The van der Waals surface area contributed by atoms with Crippen LogP contribution in [0.3, 0.4) is 0 Å². The van der Waals surface area contributed by atoms with Crippen molar-refractivity contribution in [2.75, 3.05) is 45.2 Å². The molecule has 2 N–H and O–H groups in total. The van der Waals surface area contributed by atoms with Crippen molar-refractivity contribution in [3.05, 3.63) is 29.8 Å². The first-order chi connectivity index (χ1) is 10.7. The van der Waals surface area contributed by atoms with Gasteiger partial charge in [0.1, 0.15) is 6.61 Å². The van der Waals surface area contributed by atoms with Gasteiger partial charge in [0.25, 0.3) is 0 Å². The van der Waals surface area contributed by atoms with Gasteiger partial charge in [-0.2, -0.15) is 0 Å². The number of anilines is 1. The molecule has 0 radical (unpaired) electrons. The number of carbonyl (C=O) groups excluding carboxylic acids is 1. The Morgan fingerprint density at radius 2 is 1.64 bits per heavy atom. The second kappa shape index (κ2) is 11.0. The minimum atomic E-state index is -0.345. The molecule has 0 saturated carbocycles. The molecular formula is C17H28N2O3. The van der Waals surface area contributed by atoms with Crippen LogP contribution in [0.4, 0.5) is 5.69 Å². The fraction of sp³-hybridized carbons (Fsp3) is 0.588. The van der Waals surface area contributed by atoms with Gasteiger partial charge in [-0.15, -0.1) is 0 Å². The van der Waals surface area contributed by atoms with Gasteiger partial charge in [0.05, 0.1) is 18.8 Å². The summed E-state index contributed by atoms with van der Waals surface area (Å²) in [4.78, 5) is 14.1. The van der Waals surface area contributed by atoms with Crippen LogP contribution in [0, 0.1) is 0 Å². The van der Waals surface area contributed by atoms with Gasteiger partial charge in [0.2, 0.25) is 0 Å². The molecule has 1 rings (SSSR count). The highest BCUT2D eigenvalue weighted by Gasteiger charge is 2.06. The number of ether oxygens (including phenoxy) is 2. The topological polar surface area (TPSA) is 64.8 Å². The monoisotopic (exact) mass is 308 g/mol. The lowest BCUT2D eigenvalue weighted by molar-refractivity contribution is 0.0282. The first kappa shape index (κ1) is 18.5. The van der Waals surface area contributed by atoms with Crippen LogP contribution in [0.5, 0.6) is 0 Å². The summed E-state index contributed by atoms with van der Waals surface area (Å²) in [5, 5.41) is 0. The van der Waals surface area contributed by atoms with E-state index in [4.69, 9.17) is 15.2 Å². The molecule has 0 heterocycles. The molecule has 0 spiro atoms. The molecule has 0 aliphatic carbocycles. The lowest BCUT2D eigenvalue weighted by Crippen LogP contribution is -2.29. The van der Waals surface area contributed by atoms with E-state index in [0.29, 0.717) is 24.5 Å². The second-order valence-corrected chi connectivity index (χ2v) is 5.21. The van der Waals surface area contributed by atoms with Gasteiger partial charge in [-0.1, -0.05) is 13.8 Å². The maximum atomic E-state index is 11.7. The highest BCUT2D eigenvalue weighted by atomic mass is 16.6. The largest absolute Gasteiger partial charge is 0.460 e. The Morgan fingerprint density at radius 3 is 2.23 bits per heavy atom. The predicted molar refractivity (Wildman–Crippen MR) is 89.0 cm³/mol. The minimum Gasteiger partial charge on any atom is -0.460 e. The van der Waals surface area contributed by atoms with E-state index in [0.717, 1.165) is 32.5 Å². The first-order valence-electron chi connectivity index (χ1n) is 8.00. The molecular weight excluding hydrogens is 280 g/mol. The zero-order valence-corrected chi connectivity index (χ0v) is 13.7. The third-order valence-corrected chi connectivity index (χ3v) is 3.24. The van der Waals surface area contributed by atoms with Crippen LogP contribution in [0.2, 0.25) is 0 Å². The molecule has 0 fully saturated rings. The molecule has 0 atom stereocenters. The van der Waals surface area contributed by atoms with E-state index in [1.807, 2.05) is 0 Å². The van der Waals surface area contributed by atoms with E-state index in [2.05, 4.69) is 18.7 Å². The smallest absolute Gasteiger partial charge is 0.338 e. The maximum Gasteiger partial charge on any atom is 0.338 e. The first-order valence-corrected chi connectivity index (χ1v) is 8.00. The van der Waals surface area contributed by atoms with Crippen molar-refractivity contribution in [3.63, 3.8) is 0 Å². The Hall–Kier alpha value is -1.59. The number of nitrogen functional groups attached to an aromatic ring is 1. The Morgan fingerprint density at radius 1 is 1.00 bits per heavy atom. The van der Waals surface area contributed by atoms with Gasteiger partial charge in [0, 0.05) is 12.2 Å². The lowest BCUT2D eigenvalue weighted by Gasteiger charge is -2.20. The number of carbonyl (C=O) groups is 1. The van der Waals surface area contributed by atoms with E-state index in [-0.39, 0.29) is 12.6 Å². The highest BCUT2D eigenvalue weighted by molar-refractivity contribution is 5.89. The average molecular weight is 308 g/mol. The van der Waals surface area contributed by atoms with Gasteiger partial charge in [-0.05, 0) is 50.2 Å². The second-order valence-electron chi connectivity index (χ2n) is 5.21. The summed E-state index contributed by atoms with van der Waals surface area (Å²) >= 11 is 0. The molecule has 0 bridgehead atoms. The Balaban J connectivity index is 2.12. The van der Waals surface area contributed by atoms with Crippen molar-refractivity contribution in [1.29, 1.82) is 0 Å². The molecule has 22 heavy (non-hydrogen) atoms. The van der Waals surface area contributed by atoms with Gasteiger partial charge in [-0.25, -0.2) is 4.79 Å². The molecule has 0 aromatic heterocycles. The Bertz CT molecular complexity index is 414. The van der Waals surface area contributed by atoms with Crippen LogP contribution in [0.25, 0.3) is 0 Å². The maximum absolute atomic E-state index is 11.7. The minimum absolute atomic E-state index is 0.269. The molecule has 124 valence electrons. The zero-order valence-electron chi connectivity index (χ0n) is 13.7. The summed E-state index contributed by atoms with van der Waals surface area (Å²) in [5.74, 6) is -0.345. The van der Waals surface area contributed by atoms with Crippen LogP contribution in [0.1, 0.15) is 37.0 Å². The summed E-state index contributed by atoms with van der Waals surface area (Å²) in [6.07, 6.45) is 2.30. The summed E-state index contributed by atoms with van der Waals surface area (Å²) < 4.78 is 10.7. The fourth-order valence-corrected chi connectivity index (χ4v) is 2.16. The summed E-state index contributed by atoms with van der Waals surface area (Å²) in [6, 6.07) is 6.68. The van der Waals surface area contributed by atoms with Crippen molar-refractivity contribution in [2.45, 2.75) is 26.7 Å². The van der Waals surface area contributed by atoms with Crippen LogP contribution in [-0.2, 0) is 9.47 Å². The van der Waals surface area contributed by atoms with Crippen molar-refractivity contribution < 1.29 is 14.3 Å². The Kier molecular flexibility index (Phi) is 9.26. The van der Waals surface area contributed by atoms with E-state index in [1.54, 1.807) is 24.3 Å². The number of nitrogens with two attached hydrogens (primary N) is 1. The Labute approximate surface area is 133 Å². The van der Waals surface area contributed by atoms with Gasteiger partial charge < -0.3 is 20.1 Å². The van der Waals surface area contributed by atoms with Crippen molar-refractivity contribution in [3.8, 4) is 0 Å². The van der Waals surface area contributed by atoms with Crippen LogP contribution in [-0.4, -0.2) is 50.3 Å². The number of nitrogens with zero attached hydrogens (tertiary/aromatic N) is 1. The van der Waals surface area contributed by atoms with Crippen LogP contribution >= 0.6 is 0 Å². The molecule has 5 nitrogen and oxygen atoms in total. The number of hydrogen-bond donors (Lipinski definition) is 1. The molecule has 0 saturated heterocycles. The van der Waals surface area contributed by atoms with Gasteiger partial charge in [-0.3, -0.25) is 0 Å². The normalized spacial score (nSPS) is 10.9. The number of rotatable bonds is 11. The third kappa shape index (κ3) is 7.43. The molecule has 0 aliphatic rings. The van der Waals surface area contributed by atoms with E-state index < -0.39 is 0 Å². The summed E-state index contributed by atoms with van der Waals surface area (Å²) in [6.45, 7) is 8.84. The predicted octanol–water partition coefficient (Wildman–Crippen LogP) is 2.56. The van der Waals surface area contributed by atoms with Gasteiger partial charge >= 0.3 is 5.97 Å². The van der Waals surface area contributed by atoms with Crippen molar-refractivity contribution >= 4 is 11.7 Å². The van der Waals surface area contributed by atoms with Crippen LogP contribution < -0.4 is 5.73 Å². The standard InChI is InChI=1S/C17H28N2O3/c1-3-9-19(10-4-2)11-12-21-13-14-22-17(20)15-5-7-16(18)8-6-15/h5-8H,3-4,9-14,18H2,1-2H3. The van der Waals surface area contributed by atoms with Crippen molar-refractivity contribution in [1.82, 2.24) is 4.90 Å². The van der Waals surface area contributed by atoms with E-state index >= 15 is 0 Å². The zero-order chi connectivity index (χ0) is 16.2. The molecule has 0 amide bonds. The number of esters is 1. The molecule has 0 aliphatic heterocycles. The van der Waals surface area contributed by atoms with E-state index in [1.165, 1.54) is 0 Å². The number of hydrogen-bond acceptors (Lipinski definition) is 5. The van der Waals surface area contributed by atoms with Crippen molar-refractivity contribution in [2.24, 2.45) is 0 Å². The third-order valence-electron chi connectivity index (χ3n) is 3.24. The van der Waals surface area contributed by atoms with Gasteiger partial charge in [0.15, 0.2) is 0 Å².